The molecule has 2 amide bonds. The lowest BCUT2D eigenvalue weighted by molar-refractivity contribution is -0.142. The van der Waals surface area contributed by atoms with Crippen molar-refractivity contribution in [2.24, 2.45) is 17.8 Å². The molecule has 1 aromatic rings. The standard InChI is InChI=1S/C25H23NO8/c1-11-8-17(28)16-9-15-13(21(22(16)23(11)31)18-5-2-12(10-27)34-18)3-4-14-20(15)25(33)26(24(14)32)7-6-19(29)30/h2-3,5,8,14-15,20-21,27H,4,6-7,9-10H2,1H3,(H,29,30). The van der Waals surface area contributed by atoms with E-state index in [0.717, 1.165) is 10.5 Å². The van der Waals surface area contributed by atoms with Crippen LogP contribution in [0.5, 0.6) is 0 Å². The summed E-state index contributed by atoms with van der Waals surface area (Å²) >= 11 is 0. The van der Waals surface area contributed by atoms with Crippen LogP contribution >= 0.6 is 0 Å². The molecule has 1 fully saturated rings. The number of furan rings is 1. The zero-order valence-electron chi connectivity index (χ0n) is 18.4. The summed E-state index contributed by atoms with van der Waals surface area (Å²) in [4.78, 5) is 64.5. The third-order valence-electron chi connectivity index (χ3n) is 7.33. The number of aliphatic hydroxyl groups excluding tert-OH is 1. The Morgan fingerprint density at radius 1 is 1.15 bits per heavy atom. The van der Waals surface area contributed by atoms with Gasteiger partial charge in [0, 0.05) is 23.3 Å². The van der Waals surface area contributed by atoms with Gasteiger partial charge in [-0.2, -0.15) is 0 Å². The fourth-order valence-corrected chi connectivity index (χ4v) is 5.82. The van der Waals surface area contributed by atoms with E-state index in [9.17, 15) is 29.1 Å². The molecule has 1 aliphatic heterocycles. The number of hydrogen-bond donors (Lipinski definition) is 2. The highest BCUT2D eigenvalue weighted by Gasteiger charge is 2.56. The van der Waals surface area contributed by atoms with Crippen LogP contribution in [-0.2, 0) is 30.6 Å². The average Bonchev–Trinajstić information content (AvgIpc) is 3.37. The molecule has 9 heteroatoms. The van der Waals surface area contributed by atoms with Crippen LogP contribution in [0.15, 0.2) is 51.0 Å². The summed E-state index contributed by atoms with van der Waals surface area (Å²) in [7, 11) is 0. The van der Waals surface area contributed by atoms with Crippen LogP contribution in [0, 0.1) is 17.8 Å². The SMILES string of the molecule is CC1=CC(=O)C2=C(C1=O)C(c1ccc(CO)o1)C1=CCC3C(=O)N(CCC(=O)O)C(=O)C3C1C2. The number of allylic oxidation sites excluding steroid dienone is 6. The number of ketones is 2. The molecular formula is C25H23NO8. The van der Waals surface area contributed by atoms with Crippen LogP contribution in [0.1, 0.15) is 43.6 Å². The number of carbonyl (C=O) groups is 5. The quantitative estimate of drug-likeness (QED) is 0.380. The lowest BCUT2D eigenvalue weighted by Gasteiger charge is -2.41. The van der Waals surface area contributed by atoms with Crippen LogP contribution in [-0.4, -0.2) is 51.0 Å². The fraction of sp³-hybridized carbons (Fsp3) is 0.400. The number of aliphatic carboxylic acids is 1. The lowest BCUT2D eigenvalue weighted by atomic mass is 9.60. The molecule has 0 saturated carbocycles. The van der Waals surface area contributed by atoms with Crippen LogP contribution in [0.25, 0.3) is 0 Å². The summed E-state index contributed by atoms with van der Waals surface area (Å²) in [6.07, 6.45) is 3.24. The number of Topliss-reactive ketones (excluding diaryl/α,β-unsaturated/α-hetero) is 1. The normalized spacial score (nSPS) is 28.5. The van der Waals surface area contributed by atoms with Crippen molar-refractivity contribution >= 4 is 29.4 Å². The first-order valence-corrected chi connectivity index (χ1v) is 11.2. The Balaban J connectivity index is 1.60. The van der Waals surface area contributed by atoms with Crippen molar-refractivity contribution < 1.29 is 38.6 Å². The number of fused-ring (bicyclic) bond motifs is 3. The first-order chi connectivity index (χ1) is 16.2. The number of imide groups is 1. The third-order valence-corrected chi connectivity index (χ3v) is 7.33. The predicted molar refractivity (Wildman–Crippen MR) is 115 cm³/mol. The summed E-state index contributed by atoms with van der Waals surface area (Å²) in [5.41, 5.74) is 1.71. The third kappa shape index (κ3) is 3.22. The molecule has 1 aromatic heterocycles. The highest BCUT2D eigenvalue weighted by Crippen LogP contribution is 2.55. The summed E-state index contributed by atoms with van der Waals surface area (Å²) < 4.78 is 5.80. The topological polar surface area (TPSA) is 142 Å². The molecule has 2 heterocycles. The minimum atomic E-state index is -1.10. The van der Waals surface area contributed by atoms with E-state index in [1.807, 2.05) is 6.08 Å². The smallest absolute Gasteiger partial charge is 0.305 e. The van der Waals surface area contributed by atoms with E-state index in [4.69, 9.17) is 9.52 Å². The van der Waals surface area contributed by atoms with Crippen LogP contribution < -0.4 is 0 Å². The summed E-state index contributed by atoms with van der Waals surface area (Å²) in [5.74, 6) is -4.37. The van der Waals surface area contributed by atoms with Gasteiger partial charge in [0.2, 0.25) is 11.8 Å². The molecule has 0 aromatic carbocycles. The number of hydrogen-bond acceptors (Lipinski definition) is 7. The van der Waals surface area contributed by atoms with Gasteiger partial charge in [0.05, 0.1) is 24.2 Å². The minimum Gasteiger partial charge on any atom is -0.481 e. The monoisotopic (exact) mass is 465 g/mol. The minimum absolute atomic E-state index is 0.145. The largest absolute Gasteiger partial charge is 0.481 e. The summed E-state index contributed by atoms with van der Waals surface area (Å²) in [5, 5.41) is 18.5. The van der Waals surface area contributed by atoms with Gasteiger partial charge in [-0.15, -0.1) is 0 Å². The predicted octanol–water partition coefficient (Wildman–Crippen LogP) is 1.68. The zero-order valence-corrected chi connectivity index (χ0v) is 18.4. The molecule has 4 atom stereocenters. The molecule has 0 spiro atoms. The van der Waals surface area contributed by atoms with Gasteiger partial charge in [-0.25, -0.2) is 0 Å². The molecule has 176 valence electrons. The van der Waals surface area contributed by atoms with Gasteiger partial charge < -0.3 is 14.6 Å². The lowest BCUT2D eigenvalue weighted by Crippen LogP contribution is -2.39. The fourth-order valence-electron chi connectivity index (χ4n) is 5.82. The highest BCUT2D eigenvalue weighted by molar-refractivity contribution is 6.23. The molecule has 2 N–H and O–H groups in total. The van der Waals surface area contributed by atoms with Crippen molar-refractivity contribution in [3.05, 3.63) is 58.1 Å². The van der Waals surface area contributed by atoms with Crippen molar-refractivity contribution in [1.29, 1.82) is 0 Å². The van der Waals surface area contributed by atoms with E-state index in [0.29, 0.717) is 28.2 Å². The Bertz CT molecular complexity index is 1250. The Morgan fingerprint density at radius 2 is 1.91 bits per heavy atom. The van der Waals surface area contributed by atoms with Gasteiger partial charge in [0.15, 0.2) is 11.6 Å². The number of aliphatic hydroxyl groups is 1. The Morgan fingerprint density at radius 3 is 2.59 bits per heavy atom. The molecular weight excluding hydrogens is 442 g/mol. The van der Waals surface area contributed by atoms with Gasteiger partial charge in [0.25, 0.3) is 0 Å². The maximum atomic E-state index is 13.3. The van der Waals surface area contributed by atoms with E-state index in [2.05, 4.69) is 0 Å². The first-order valence-electron chi connectivity index (χ1n) is 11.2. The van der Waals surface area contributed by atoms with Gasteiger partial charge in [-0.3, -0.25) is 28.9 Å². The average molecular weight is 465 g/mol. The highest BCUT2D eigenvalue weighted by atomic mass is 16.4. The summed E-state index contributed by atoms with van der Waals surface area (Å²) in [6, 6.07) is 3.25. The van der Waals surface area contributed by atoms with Crippen molar-refractivity contribution in [2.45, 2.75) is 38.7 Å². The Kier molecular flexibility index (Phi) is 5.24. The number of amides is 2. The molecule has 4 aliphatic rings. The first kappa shape index (κ1) is 22.2. The second-order valence-corrected chi connectivity index (χ2v) is 9.16. The molecule has 34 heavy (non-hydrogen) atoms. The van der Waals surface area contributed by atoms with E-state index < -0.39 is 41.5 Å². The van der Waals surface area contributed by atoms with E-state index in [1.54, 1.807) is 19.1 Å². The van der Waals surface area contributed by atoms with Crippen molar-refractivity contribution in [2.75, 3.05) is 6.54 Å². The van der Waals surface area contributed by atoms with Crippen molar-refractivity contribution in [3.63, 3.8) is 0 Å². The maximum absolute atomic E-state index is 13.3. The van der Waals surface area contributed by atoms with Gasteiger partial charge >= 0.3 is 5.97 Å². The van der Waals surface area contributed by atoms with Crippen LogP contribution in [0.2, 0.25) is 0 Å². The number of rotatable bonds is 5. The molecule has 4 unspecified atom stereocenters. The zero-order chi connectivity index (χ0) is 24.3. The van der Waals surface area contributed by atoms with Crippen molar-refractivity contribution in [3.8, 4) is 0 Å². The van der Waals surface area contributed by atoms with Gasteiger partial charge in [0.1, 0.15) is 18.1 Å². The second kappa shape index (κ2) is 8.02. The number of carbonyl (C=O) groups excluding carboxylic acids is 4. The summed E-state index contributed by atoms with van der Waals surface area (Å²) in [6.45, 7) is 1.05. The van der Waals surface area contributed by atoms with E-state index in [-0.39, 0.29) is 44.0 Å². The second-order valence-electron chi connectivity index (χ2n) is 9.16. The number of nitrogens with zero attached hydrogens (tertiary/aromatic N) is 1. The number of carboxylic acid groups (broad SMARTS) is 1. The van der Waals surface area contributed by atoms with Crippen LogP contribution in [0.3, 0.4) is 0 Å². The maximum Gasteiger partial charge on any atom is 0.305 e. The molecule has 9 nitrogen and oxygen atoms in total. The molecule has 0 radical (unpaired) electrons. The van der Waals surface area contributed by atoms with Gasteiger partial charge in [-0.1, -0.05) is 11.6 Å². The van der Waals surface area contributed by atoms with E-state index >= 15 is 0 Å². The number of carboxylic acids is 1. The van der Waals surface area contributed by atoms with Crippen molar-refractivity contribution in [1.82, 2.24) is 4.90 Å². The van der Waals surface area contributed by atoms with E-state index in [1.165, 1.54) is 6.08 Å². The molecule has 3 aliphatic carbocycles. The van der Waals surface area contributed by atoms with Crippen LogP contribution in [0.4, 0.5) is 0 Å². The number of likely N-dealkylation sites (tertiary alicyclic amines) is 1. The Labute approximate surface area is 194 Å². The van der Waals surface area contributed by atoms with Gasteiger partial charge in [-0.05, 0) is 43.9 Å². The Hall–Kier alpha value is -3.59. The molecule has 1 saturated heterocycles. The molecule has 5 rings (SSSR count). The molecule has 0 bridgehead atoms.